The van der Waals surface area contributed by atoms with Gasteiger partial charge in [-0.3, -0.25) is 4.79 Å². The molecule has 2 atom stereocenters. The molecule has 2 unspecified atom stereocenters. The molecule has 3 aromatic carbocycles. The van der Waals surface area contributed by atoms with E-state index in [1.54, 1.807) is 54.6 Å². The van der Waals surface area contributed by atoms with E-state index in [1.807, 2.05) is 18.2 Å². The van der Waals surface area contributed by atoms with Crippen molar-refractivity contribution in [3.63, 3.8) is 0 Å². The number of ether oxygens (including phenoxy) is 1. The van der Waals surface area contributed by atoms with Crippen LogP contribution in [0.5, 0.6) is 0 Å². The van der Waals surface area contributed by atoms with Crippen molar-refractivity contribution < 1.29 is 23.8 Å². The standard InChI is InChI=1S/C25H24FN3O4/c26-21-9-5-4-6-18(21)14-29-22(15-33-16-23(29)30)24(31)17-10-12-20(13-11-17)28-25(32)27-19-7-2-1-3-8-19/h1-13,22,24,31H,14-16H2,(H2,27,28,32). The van der Waals surface area contributed by atoms with Crippen LogP contribution >= 0.6 is 0 Å². The van der Waals surface area contributed by atoms with E-state index in [0.717, 1.165) is 0 Å². The zero-order chi connectivity index (χ0) is 23.2. The van der Waals surface area contributed by atoms with E-state index in [-0.39, 0.29) is 25.7 Å². The molecule has 8 heteroatoms. The Morgan fingerprint density at radius 3 is 2.33 bits per heavy atom. The first-order valence-electron chi connectivity index (χ1n) is 10.5. The van der Waals surface area contributed by atoms with E-state index < -0.39 is 24.0 Å². The van der Waals surface area contributed by atoms with Crippen LogP contribution in [-0.2, 0) is 16.1 Å². The van der Waals surface area contributed by atoms with E-state index in [0.29, 0.717) is 22.5 Å². The SMILES string of the molecule is O=C(Nc1ccccc1)Nc1ccc(C(O)C2COCC(=O)N2Cc2ccccc2F)cc1. The Balaban J connectivity index is 1.43. The van der Waals surface area contributed by atoms with Gasteiger partial charge in [0.25, 0.3) is 0 Å². The van der Waals surface area contributed by atoms with E-state index in [4.69, 9.17) is 4.74 Å². The molecule has 33 heavy (non-hydrogen) atoms. The summed E-state index contributed by atoms with van der Waals surface area (Å²) in [5, 5.41) is 16.4. The molecule has 7 nitrogen and oxygen atoms in total. The average Bonchev–Trinajstić information content (AvgIpc) is 2.82. The van der Waals surface area contributed by atoms with Crippen molar-refractivity contribution >= 4 is 23.3 Å². The zero-order valence-electron chi connectivity index (χ0n) is 17.8. The molecule has 3 amide bonds. The van der Waals surface area contributed by atoms with Gasteiger partial charge in [-0.1, -0.05) is 48.5 Å². The van der Waals surface area contributed by atoms with E-state index in [9.17, 15) is 19.1 Å². The fourth-order valence-electron chi connectivity index (χ4n) is 3.70. The molecule has 3 aromatic rings. The predicted octanol–water partition coefficient (Wildman–Crippen LogP) is 3.93. The first-order chi connectivity index (χ1) is 16.0. The maximum absolute atomic E-state index is 14.1. The number of nitrogens with zero attached hydrogens (tertiary/aromatic N) is 1. The lowest BCUT2D eigenvalue weighted by molar-refractivity contribution is -0.155. The van der Waals surface area contributed by atoms with Crippen molar-refractivity contribution in [1.29, 1.82) is 0 Å². The number of anilines is 2. The molecule has 0 saturated carbocycles. The molecule has 170 valence electrons. The van der Waals surface area contributed by atoms with Crippen molar-refractivity contribution in [1.82, 2.24) is 4.90 Å². The topological polar surface area (TPSA) is 90.9 Å². The van der Waals surface area contributed by atoms with Gasteiger partial charge in [-0.15, -0.1) is 0 Å². The van der Waals surface area contributed by atoms with Crippen LogP contribution in [0.15, 0.2) is 78.9 Å². The molecule has 1 aliphatic heterocycles. The number of para-hydroxylation sites is 1. The van der Waals surface area contributed by atoms with Crippen molar-refractivity contribution in [2.24, 2.45) is 0 Å². The maximum atomic E-state index is 14.1. The molecule has 0 aromatic heterocycles. The second-order valence-electron chi connectivity index (χ2n) is 7.71. The minimum absolute atomic E-state index is 0.0376. The van der Waals surface area contributed by atoms with Gasteiger partial charge in [0.15, 0.2) is 0 Å². The fraction of sp³-hybridized carbons (Fsp3) is 0.200. The number of halogens is 1. The minimum atomic E-state index is -1.05. The highest BCUT2D eigenvalue weighted by Gasteiger charge is 2.35. The Hall–Kier alpha value is -3.75. The molecule has 4 rings (SSSR count). The Bertz CT molecular complexity index is 1110. The number of aliphatic hydroxyl groups is 1. The normalized spacial score (nSPS) is 16.8. The lowest BCUT2D eigenvalue weighted by Gasteiger charge is -2.38. The first-order valence-corrected chi connectivity index (χ1v) is 10.5. The molecule has 0 aliphatic carbocycles. The third kappa shape index (κ3) is 5.54. The van der Waals surface area contributed by atoms with Crippen molar-refractivity contribution in [2.75, 3.05) is 23.8 Å². The van der Waals surface area contributed by atoms with E-state index in [1.165, 1.54) is 11.0 Å². The summed E-state index contributed by atoms with van der Waals surface area (Å²) >= 11 is 0. The van der Waals surface area contributed by atoms with Gasteiger partial charge in [-0.2, -0.15) is 0 Å². The Morgan fingerprint density at radius 1 is 1.00 bits per heavy atom. The van der Waals surface area contributed by atoms with Crippen LogP contribution in [0.1, 0.15) is 17.2 Å². The highest BCUT2D eigenvalue weighted by molar-refractivity contribution is 5.99. The van der Waals surface area contributed by atoms with E-state index in [2.05, 4.69) is 10.6 Å². The van der Waals surface area contributed by atoms with Gasteiger partial charge in [0.2, 0.25) is 5.91 Å². The lowest BCUT2D eigenvalue weighted by Crippen LogP contribution is -2.51. The molecule has 1 saturated heterocycles. The quantitative estimate of drug-likeness (QED) is 0.532. The smallest absolute Gasteiger partial charge is 0.323 e. The summed E-state index contributed by atoms with van der Waals surface area (Å²) in [4.78, 5) is 26.1. The van der Waals surface area contributed by atoms with Gasteiger partial charge in [0, 0.05) is 23.5 Å². The summed E-state index contributed by atoms with van der Waals surface area (Å²) in [5.41, 5.74) is 2.12. The summed E-state index contributed by atoms with van der Waals surface area (Å²) < 4.78 is 19.5. The second kappa shape index (κ2) is 10.2. The van der Waals surface area contributed by atoms with Gasteiger partial charge in [0.05, 0.1) is 12.6 Å². The molecule has 3 N–H and O–H groups in total. The number of carbonyl (C=O) groups excluding carboxylic acids is 2. The van der Waals surface area contributed by atoms with E-state index >= 15 is 0 Å². The first kappa shape index (κ1) is 22.4. The summed E-state index contributed by atoms with van der Waals surface area (Å²) in [7, 11) is 0. The lowest BCUT2D eigenvalue weighted by atomic mass is 9.99. The van der Waals surface area contributed by atoms with Crippen LogP contribution in [0.3, 0.4) is 0 Å². The highest BCUT2D eigenvalue weighted by atomic mass is 19.1. The van der Waals surface area contributed by atoms with Gasteiger partial charge >= 0.3 is 6.03 Å². The maximum Gasteiger partial charge on any atom is 0.323 e. The summed E-state index contributed by atoms with van der Waals surface area (Å²) in [6.07, 6.45) is -1.05. The number of nitrogens with one attached hydrogen (secondary N) is 2. The number of benzene rings is 3. The van der Waals surface area contributed by atoms with Crippen molar-refractivity contribution in [3.8, 4) is 0 Å². The average molecular weight is 449 g/mol. The molecule has 0 spiro atoms. The largest absolute Gasteiger partial charge is 0.386 e. The highest BCUT2D eigenvalue weighted by Crippen LogP contribution is 2.27. The molecular formula is C25H24FN3O4. The Morgan fingerprint density at radius 2 is 1.64 bits per heavy atom. The Labute approximate surface area is 190 Å². The number of hydrogen-bond acceptors (Lipinski definition) is 4. The molecule has 1 heterocycles. The molecule has 0 bridgehead atoms. The number of rotatable bonds is 6. The molecule has 0 radical (unpaired) electrons. The third-order valence-corrected chi connectivity index (χ3v) is 5.44. The monoisotopic (exact) mass is 449 g/mol. The van der Waals surface area contributed by atoms with Crippen LogP contribution in [0.4, 0.5) is 20.6 Å². The number of hydrogen-bond donors (Lipinski definition) is 3. The molecule has 1 fully saturated rings. The van der Waals surface area contributed by atoms with Crippen LogP contribution in [0, 0.1) is 5.82 Å². The minimum Gasteiger partial charge on any atom is -0.386 e. The van der Waals surface area contributed by atoms with Gasteiger partial charge in [-0.05, 0) is 35.9 Å². The van der Waals surface area contributed by atoms with Crippen molar-refractivity contribution in [2.45, 2.75) is 18.7 Å². The van der Waals surface area contributed by atoms with Crippen LogP contribution < -0.4 is 10.6 Å². The van der Waals surface area contributed by atoms with Crippen LogP contribution in [0.25, 0.3) is 0 Å². The second-order valence-corrected chi connectivity index (χ2v) is 7.71. The van der Waals surface area contributed by atoms with Gasteiger partial charge < -0.3 is 25.4 Å². The predicted molar refractivity (Wildman–Crippen MR) is 122 cm³/mol. The summed E-state index contributed by atoms with van der Waals surface area (Å²) in [5.74, 6) is -0.723. The Kier molecular flexibility index (Phi) is 6.97. The summed E-state index contributed by atoms with van der Waals surface area (Å²) in [6, 6.07) is 20.9. The van der Waals surface area contributed by atoms with Gasteiger partial charge in [-0.25, -0.2) is 9.18 Å². The fourth-order valence-corrected chi connectivity index (χ4v) is 3.70. The van der Waals surface area contributed by atoms with Crippen LogP contribution in [0.2, 0.25) is 0 Å². The summed E-state index contributed by atoms with van der Waals surface area (Å²) in [6.45, 7) is 0.0494. The number of carbonyl (C=O) groups is 2. The number of amides is 3. The number of morpholine rings is 1. The van der Waals surface area contributed by atoms with Crippen LogP contribution in [-0.4, -0.2) is 41.2 Å². The molecular weight excluding hydrogens is 425 g/mol. The number of aliphatic hydroxyl groups excluding tert-OH is 1. The molecule has 1 aliphatic rings. The van der Waals surface area contributed by atoms with Crippen molar-refractivity contribution in [3.05, 3.63) is 95.8 Å². The zero-order valence-corrected chi connectivity index (χ0v) is 17.8. The third-order valence-electron chi connectivity index (χ3n) is 5.44. The van der Waals surface area contributed by atoms with Gasteiger partial charge in [0.1, 0.15) is 18.5 Å². The number of urea groups is 1.